The molecule has 1 fully saturated rings. The van der Waals surface area contributed by atoms with Crippen molar-refractivity contribution in [2.24, 2.45) is 0 Å². The summed E-state index contributed by atoms with van der Waals surface area (Å²) in [7, 11) is 0. The Hall–Kier alpha value is -2.11. The van der Waals surface area contributed by atoms with Gasteiger partial charge in [0, 0.05) is 29.5 Å². The van der Waals surface area contributed by atoms with E-state index in [2.05, 4.69) is 10.2 Å². The standard InChI is InChI=1S/C17H16ClFN2O2/c18-12-1-6-15(16(19)11-12)17(22)20-13-2-4-14(5-3-13)21-7-9-23-10-8-21/h1-6,11H,7-10H2,(H,20,22). The van der Waals surface area contributed by atoms with Crippen LogP contribution in [0.1, 0.15) is 10.4 Å². The molecule has 0 atom stereocenters. The van der Waals surface area contributed by atoms with Crippen molar-refractivity contribution in [3.63, 3.8) is 0 Å². The summed E-state index contributed by atoms with van der Waals surface area (Å²) in [6.45, 7) is 3.13. The zero-order chi connectivity index (χ0) is 16.2. The maximum Gasteiger partial charge on any atom is 0.258 e. The van der Waals surface area contributed by atoms with Crippen molar-refractivity contribution in [3.8, 4) is 0 Å². The van der Waals surface area contributed by atoms with E-state index in [9.17, 15) is 9.18 Å². The first-order valence-electron chi connectivity index (χ1n) is 7.32. The Morgan fingerprint density at radius 2 is 1.83 bits per heavy atom. The van der Waals surface area contributed by atoms with E-state index >= 15 is 0 Å². The van der Waals surface area contributed by atoms with Gasteiger partial charge in [-0.15, -0.1) is 0 Å². The van der Waals surface area contributed by atoms with E-state index in [1.165, 1.54) is 12.1 Å². The first kappa shape index (κ1) is 15.8. The highest BCUT2D eigenvalue weighted by atomic mass is 35.5. The van der Waals surface area contributed by atoms with Crippen molar-refractivity contribution in [3.05, 3.63) is 58.9 Å². The number of hydrogen-bond donors (Lipinski definition) is 1. The Morgan fingerprint density at radius 3 is 2.48 bits per heavy atom. The van der Waals surface area contributed by atoms with Crippen LogP contribution in [0.2, 0.25) is 5.02 Å². The highest BCUT2D eigenvalue weighted by Crippen LogP contribution is 2.20. The van der Waals surface area contributed by atoms with Crippen LogP contribution >= 0.6 is 11.6 Å². The number of benzene rings is 2. The summed E-state index contributed by atoms with van der Waals surface area (Å²) in [5, 5.41) is 2.94. The van der Waals surface area contributed by atoms with Crippen molar-refractivity contribution in [1.29, 1.82) is 0 Å². The van der Waals surface area contributed by atoms with Crippen LogP contribution in [-0.4, -0.2) is 32.2 Å². The van der Waals surface area contributed by atoms with Crippen LogP contribution < -0.4 is 10.2 Å². The zero-order valence-electron chi connectivity index (χ0n) is 12.4. The molecule has 0 aromatic heterocycles. The number of carbonyl (C=O) groups is 1. The van der Waals surface area contributed by atoms with E-state index in [0.29, 0.717) is 18.9 Å². The van der Waals surface area contributed by atoms with Crippen LogP contribution in [0, 0.1) is 5.82 Å². The Labute approximate surface area is 138 Å². The predicted octanol–water partition coefficient (Wildman–Crippen LogP) is 3.57. The predicted molar refractivity (Wildman–Crippen MR) is 88.8 cm³/mol. The van der Waals surface area contributed by atoms with Gasteiger partial charge in [-0.25, -0.2) is 4.39 Å². The summed E-state index contributed by atoms with van der Waals surface area (Å²) in [6, 6.07) is 11.4. The SMILES string of the molecule is O=C(Nc1ccc(N2CCOCC2)cc1)c1ccc(Cl)cc1F. The average Bonchev–Trinajstić information content (AvgIpc) is 2.56. The molecule has 0 saturated carbocycles. The van der Waals surface area contributed by atoms with Gasteiger partial charge in [0.2, 0.25) is 0 Å². The molecule has 1 N–H and O–H groups in total. The molecule has 0 spiro atoms. The number of nitrogens with one attached hydrogen (secondary N) is 1. The first-order valence-corrected chi connectivity index (χ1v) is 7.70. The summed E-state index contributed by atoms with van der Waals surface area (Å²) < 4.78 is 19.1. The van der Waals surface area contributed by atoms with Crippen molar-refractivity contribution >= 4 is 28.9 Å². The molecular formula is C17H16ClFN2O2. The Kier molecular flexibility index (Phi) is 4.79. The minimum absolute atomic E-state index is 0.0355. The van der Waals surface area contributed by atoms with Gasteiger partial charge in [0.1, 0.15) is 5.82 Å². The minimum atomic E-state index is -0.639. The molecule has 6 heteroatoms. The van der Waals surface area contributed by atoms with Crippen LogP contribution in [-0.2, 0) is 4.74 Å². The maximum atomic E-state index is 13.7. The lowest BCUT2D eigenvalue weighted by molar-refractivity contribution is 0.102. The lowest BCUT2D eigenvalue weighted by Crippen LogP contribution is -2.36. The molecule has 0 aliphatic carbocycles. The second kappa shape index (κ2) is 6.98. The molecule has 23 heavy (non-hydrogen) atoms. The fourth-order valence-corrected chi connectivity index (χ4v) is 2.61. The quantitative estimate of drug-likeness (QED) is 0.933. The lowest BCUT2D eigenvalue weighted by atomic mass is 10.2. The van der Waals surface area contributed by atoms with Gasteiger partial charge in [0.15, 0.2) is 0 Å². The van der Waals surface area contributed by atoms with E-state index in [0.717, 1.165) is 24.8 Å². The fourth-order valence-electron chi connectivity index (χ4n) is 2.45. The molecule has 0 unspecified atom stereocenters. The highest BCUT2D eigenvalue weighted by Gasteiger charge is 2.13. The molecule has 2 aromatic rings. The second-order valence-electron chi connectivity index (χ2n) is 5.22. The van der Waals surface area contributed by atoms with Crippen LogP contribution in [0.25, 0.3) is 0 Å². The van der Waals surface area contributed by atoms with Gasteiger partial charge in [-0.05, 0) is 42.5 Å². The highest BCUT2D eigenvalue weighted by molar-refractivity contribution is 6.30. The van der Waals surface area contributed by atoms with Gasteiger partial charge in [0.05, 0.1) is 18.8 Å². The van der Waals surface area contributed by atoms with Gasteiger partial charge in [-0.2, -0.15) is 0 Å². The van der Waals surface area contributed by atoms with E-state index in [1.54, 1.807) is 12.1 Å². The molecule has 1 aliphatic heterocycles. The van der Waals surface area contributed by atoms with E-state index in [1.807, 2.05) is 12.1 Å². The molecule has 1 saturated heterocycles. The monoisotopic (exact) mass is 334 g/mol. The molecule has 4 nitrogen and oxygen atoms in total. The third kappa shape index (κ3) is 3.81. The average molecular weight is 335 g/mol. The lowest BCUT2D eigenvalue weighted by Gasteiger charge is -2.28. The molecule has 3 rings (SSSR count). The summed E-state index contributed by atoms with van der Waals surface area (Å²) in [5.74, 6) is -1.14. The summed E-state index contributed by atoms with van der Waals surface area (Å²) in [6.07, 6.45) is 0. The van der Waals surface area contributed by atoms with Crippen LogP contribution in [0.4, 0.5) is 15.8 Å². The van der Waals surface area contributed by atoms with Crippen LogP contribution in [0.3, 0.4) is 0 Å². The molecule has 1 heterocycles. The number of nitrogens with zero attached hydrogens (tertiary/aromatic N) is 1. The van der Waals surface area contributed by atoms with Gasteiger partial charge >= 0.3 is 0 Å². The molecule has 0 radical (unpaired) electrons. The van der Waals surface area contributed by atoms with E-state index in [4.69, 9.17) is 16.3 Å². The van der Waals surface area contributed by atoms with Gasteiger partial charge in [0.25, 0.3) is 5.91 Å². The van der Waals surface area contributed by atoms with Crippen molar-refractivity contribution in [2.45, 2.75) is 0 Å². The number of anilines is 2. The summed E-state index contributed by atoms with van der Waals surface area (Å²) in [4.78, 5) is 14.3. The third-order valence-corrected chi connectivity index (χ3v) is 3.91. The number of amides is 1. The molecular weight excluding hydrogens is 319 g/mol. The summed E-state index contributed by atoms with van der Waals surface area (Å²) in [5.41, 5.74) is 1.65. The number of ether oxygens (including phenoxy) is 1. The topological polar surface area (TPSA) is 41.6 Å². The number of carbonyl (C=O) groups excluding carboxylic acids is 1. The summed E-state index contributed by atoms with van der Waals surface area (Å²) >= 11 is 5.69. The van der Waals surface area contributed by atoms with Gasteiger partial charge in [-0.3, -0.25) is 4.79 Å². The van der Waals surface area contributed by atoms with Crippen molar-refractivity contribution in [2.75, 3.05) is 36.5 Å². The Balaban J connectivity index is 1.69. The number of morpholine rings is 1. The fraction of sp³-hybridized carbons (Fsp3) is 0.235. The molecule has 2 aromatic carbocycles. The number of rotatable bonds is 3. The van der Waals surface area contributed by atoms with Crippen molar-refractivity contribution in [1.82, 2.24) is 0 Å². The van der Waals surface area contributed by atoms with Crippen LogP contribution in [0.15, 0.2) is 42.5 Å². The Bertz CT molecular complexity index is 700. The van der Waals surface area contributed by atoms with Gasteiger partial charge < -0.3 is 15.0 Å². The molecule has 1 aliphatic rings. The smallest absolute Gasteiger partial charge is 0.258 e. The molecule has 1 amide bonds. The minimum Gasteiger partial charge on any atom is -0.378 e. The third-order valence-electron chi connectivity index (χ3n) is 3.68. The van der Waals surface area contributed by atoms with E-state index < -0.39 is 11.7 Å². The van der Waals surface area contributed by atoms with Gasteiger partial charge in [-0.1, -0.05) is 11.6 Å². The van der Waals surface area contributed by atoms with E-state index in [-0.39, 0.29) is 10.6 Å². The molecule has 0 bridgehead atoms. The normalized spacial score (nSPS) is 14.6. The number of hydrogen-bond acceptors (Lipinski definition) is 3. The largest absolute Gasteiger partial charge is 0.378 e. The molecule has 120 valence electrons. The number of halogens is 2. The van der Waals surface area contributed by atoms with Crippen molar-refractivity contribution < 1.29 is 13.9 Å². The van der Waals surface area contributed by atoms with Crippen LogP contribution in [0.5, 0.6) is 0 Å². The maximum absolute atomic E-state index is 13.7. The Morgan fingerprint density at radius 1 is 1.13 bits per heavy atom. The second-order valence-corrected chi connectivity index (χ2v) is 5.66. The zero-order valence-corrected chi connectivity index (χ0v) is 13.1. The first-order chi connectivity index (χ1) is 11.1.